The predicted octanol–water partition coefficient (Wildman–Crippen LogP) is 2.68. The average molecular weight is 321 g/mol. The van der Waals surface area contributed by atoms with E-state index in [1.165, 1.54) is 6.42 Å². The number of aromatic hydroxyl groups is 1. The molecule has 1 aliphatic carbocycles. The van der Waals surface area contributed by atoms with Gasteiger partial charge < -0.3 is 10.0 Å². The third kappa shape index (κ3) is 3.35. The largest absolute Gasteiger partial charge is 0.508 e. The summed E-state index contributed by atoms with van der Waals surface area (Å²) in [6.45, 7) is 1.33. The molecule has 1 aliphatic heterocycles. The van der Waals surface area contributed by atoms with E-state index in [2.05, 4.69) is 0 Å². The maximum atomic E-state index is 12.6. The Labute approximate surface area is 134 Å². The Morgan fingerprint density at radius 1 is 1.09 bits per heavy atom. The number of hydrogen-bond acceptors (Lipinski definition) is 3. The summed E-state index contributed by atoms with van der Waals surface area (Å²) in [6.07, 6.45) is 6.39. The topological polar surface area (TPSA) is 57.6 Å². The molecule has 1 aromatic carbocycles. The number of amides is 1. The summed E-state index contributed by atoms with van der Waals surface area (Å²) in [5.74, 6) is 0.640. The molecule has 2 aliphatic rings. The van der Waals surface area contributed by atoms with Crippen LogP contribution in [0.5, 0.6) is 5.75 Å². The zero-order valence-corrected chi connectivity index (χ0v) is 13.6. The molecule has 1 heterocycles. The minimum atomic E-state index is -1.11. The Morgan fingerprint density at radius 2 is 1.77 bits per heavy atom. The van der Waals surface area contributed by atoms with Gasteiger partial charge >= 0.3 is 0 Å². The molecule has 2 atom stereocenters. The molecule has 0 radical (unpaired) electrons. The van der Waals surface area contributed by atoms with Gasteiger partial charge in [0.1, 0.15) is 5.75 Å². The van der Waals surface area contributed by atoms with E-state index in [1.54, 1.807) is 24.3 Å². The van der Waals surface area contributed by atoms with Crippen molar-refractivity contribution in [1.82, 2.24) is 4.90 Å². The van der Waals surface area contributed by atoms with Gasteiger partial charge in [-0.15, -0.1) is 0 Å². The summed E-state index contributed by atoms with van der Waals surface area (Å²) in [6, 6.07) is 6.54. The van der Waals surface area contributed by atoms with E-state index >= 15 is 0 Å². The third-order valence-corrected chi connectivity index (χ3v) is 6.51. The fraction of sp³-hybridized carbons (Fsp3) is 0.588. The quantitative estimate of drug-likeness (QED) is 0.931. The fourth-order valence-corrected chi connectivity index (χ4v) is 4.91. The molecule has 0 spiro atoms. The highest BCUT2D eigenvalue weighted by molar-refractivity contribution is 7.85. The molecule has 1 saturated heterocycles. The second-order valence-corrected chi connectivity index (χ2v) is 8.05. The van der Waals surface area contributed by atoms with Crippen LogP contribution in [0.1, 0.15) is 38.5 Å². The van der Waals surface area contributed by atoms with Crippen LogP contribution in [0.4, 0.5) is 0 Å². The van der Waals surface area contributed by atoms with Crippen molar-refractivity contribution in [2.24, 2.45) is 5.92 Å². The minimum absolute atomic E-state index is 0.0112. The molecule has 3 rings (SSSR count). The molecule has 0 aromatic heterocycles. The lowest BCUT2D eigenvalue weighted by molar-refractivity contribution is -0.135. The van der Waals surface area contributed by atoms with Gasteiger partial charge in [0.05, 0.1) is 16.0 Å². The van der Waals surface area contributed by atoms with E-state index < -0.39 is 10.8 Å². The first-order valence-corrected chi connectivity index (χ1v) is 9.35. The van der Waals surface area contributed by atoms with Crippen LogP contribution < -0.4 is 0 Å². The number of phenolic OH excluding ortho intramolecular Hbond substituents is 1. The summed E-state index contributed by atoms with van der Waals surface area (Å²) >= 11 is 0. The SMILES string of the molecule is O=C(C1CCCCC1)N1CCC(S(=O)c2ccc(O)cc2)C1. The molecule has 1 saturated carbocycles. The molecule has 22 heavy (non-hydrogen) atoms. The van der Waals surface area contributed by atoms with Gasteiger partial charge in [0.25, 0.3) is 0 Å². The summed E-state index contributed by atoms with van der Waals surface area (Å²) in [4.78, 5) is 15.2. The van der Waals surface area contributed by atoms with Crippen LogP contribution in [0.15, 0.2) is 29.2 Å². The highest BCUT2D eigenvalue weighted by Crippen LogP contribution is 2.28. The third-order valence-electron chi connectivity index (χ3n) is 4.78. The zero-order valence-electron chi connectivity index (χ0n) is 12.7. The van der Waals surface area contributed by atoms with Crippen molar-refractivity contribution in [3.63, 3.8) is 0 Å². The van der Waals surface area contributed by atoms with Crippen molar-refractivity contribution in [3.05, 3.63) is 24.3 Å². The normalized spacial score (nSPS) is 24.4. The fourth-order valence-electron chi connectivity index (χ4n) is 3.48. The van der Waals surface area contributed by atoms with Crippen LogP contribution in [0.2, 0.25) is 0 Å². The molecular weight excluding hydrogens is 298 g/mol. The van der Waals surface area contributed by atoms with Gasteiger partial charge in [-0.05, 0) is 43.5 Å². The van der Waals surface area contributed by atoms with Gasteiger partial charge in [0, 0.05) is 23.9 Å². The van der Waals surface area contributed by atoms with Crippen LogP contribution in [0, 0.1) is 5.92 Å². The van der Waals surface area contributed by atoms with E-state index in [0.717, 1.165) is 43.5 Å². The van der Waals surface area contributed by atoms with Crippen LogP contribution >= 0.6 is 0 Å². The summed E-state index contributed by atoms with van der Waals surface area (Å²) in [7, 11) is -1.11. The van der Waals surface area contributed by atoms with Crippen LogP contribution in [0.3, 0.4) is 0 Å². The van der Waals surface area contributed by atoms with Gasteiger partial charge in [-0.3, -0.25) is 9.00 Å². The van der Waals surface area contributed by atoms with E-state index in [0.29, 0.717) is 6.54 Å². The molecule has 120 valence electrons. The van der Waals surface area contributed by atoms with Crippen molar-refractivity contribution in [1.29, 1.82) is 0 Å². The summed E-state index contributed by atoms with van der Waals surface area (Å²) in [5, 5.41) is 9.32. The monoisotopic (exact) mass is 321 g/mol. The van der Waals surface area contributed by atoms with Crippen molar-refractivity contribution in [2.45, 2.75) is 48.7 Å². The highest BCUT2D eigenvalue weighted by atomic mass is 32.2. The summed E-state index contributed by atoms with van der Waals surface area (Å²) < 4.78 is 12.6. The molecule has 1 N–H and O–H groups in total. The Balaban J connectivity index is 1.60. The predicted molar refractivity (Wildman–Crippen MR) is 86.1 cm³/mol. The number of phenols is 1. The summed E-state index contributed by atoms with van der Waals surface area (Å²) in [5.41, 5.74) is 0. The maximum absolute atomic E-state index is 12.6. The lowest BCUT2D eigenvalue weighted by Crippen LogP contribution is -2.36. The smallest absolute Gasteiger partial charge is 0.225 e. The van der Waals surface area contributed by atoms with Crippen LogP contribution in [-0.4, -0.2) is 38.5 Å². The Morgan fingerprint density at radius 3 is 2.45 bits per heavy atom. The molecule has 4 nitrogen and oxygen atoms in total. The first-order valence-electron chi connectivity index (χ1n) is 8.13. The Bertz CT molecular complexity index is 552. The lowest BCUT2D eigenvalue weighted by Gasteiger charge is -2.26. The Kier molecular flexibility index (Phi) is 4.81. The lowest BCUT2D eigenvalue weighted by atomic mass is 9.88. The zero-order chi connectivity index (χ0) is 15.5. The first-order chi connectivity index (χ1) is 10.6. The standard InChI is InChI=1S/C17H23NO3S/c19-14-6-8-15(9-7-14)22(21)16-10-11-18(12-16)17(20)13-4-2-1-3-5-13/h6-9,13,16,19H,1-5,10-12H2. The van der Waals surface area contributed by atoms with Crippen molar-refractivity contribution < 1.29 is 14.1 Å². The molecular formula is C17H23NO3S. The van der Waals surface area contributed by atoms with E-state index in [4.69, 9.17) is 0 Å². The number of carbonyl (C=O) groups is 1. The van der Waals surface area contributed by atoms with E-state index in [1.807, 2.05) is 4.90 Å². The Hall–Kier alpha value is -1.36. The number of hydrogen-bond donors (Lipinski definition) is 1. The van der Waals surface area contributed by atoms with Crippen molar-refractivity contribution >= 4 is 16.7 Å². The maximum Gasteiger partial charge on any atom is 0.225 e. The van der Waals surface area contributed by atoms with Crippen LogP contribution in [-0.2, 0) is 15.6 Å². The number of rotatable bonds is 3. The molecule has 1 amide bonds. The van der Waals surface area contributed by atoms with Crippen molar-refractivity contribution in [3.8, 4) is 5.75 Å². The number of carbonyl (C=O) groups excluding carboxylic acids is 1. The molecule has 0 bridgehead atoms. The number of nitrogens with zero attached hydrogens (tertiary/aromatic N) is 1. The van der Waals surface area contributed by atoms with Gasteiger partial charge in [0.2, 0.25) is 5.91 Å². The molecule has 1 aromatic rings. The second kappa shape index (κ2) is 6.82. The first kappa shape index (κ1) is 15.5. The average Bonchev–Trinajstić information content (AvgIpc) is 3.05. The molecule has 5 heteroatoms. The van der Waals surface area contributed by atoms with Gasteiger partial charge in [-0.2, -0.15) is 0 Å². The number of benzene rings is 1. The van der Waals surface area contributed by atoms with Gasteiger partial charge in [-0.25, -0.2) is 0 Å². The highest BCUT2D eigenvalue weighted by Gasteiger charge is 2.34. The molecule has 2 fully saturated rings. The van der Waals surface area contributed by atoms with Crippen LogP contribution in [0.25, 0.3) is 0 Å². The number of likely N-dealkylation sites (tertiary alicyclic amines) is 1. The van der Waals surface area contributed by atoms with Crippen molar-refractivity contribution in [2.75, 3.05) is 13.1 Å². The molecule has 2 unspecified atom stereocenters. The van der Waals surface area contributed by atoms with E-state index in [9.17, 15) is 14.1 Å². The second-order valence-electron chi connectivity index (χ2n) is 6.32. The van der Waals surface area contributed by atoms with E-state index in [-0.39, 0.29) is 22.8 Å². The van der Waals surface area contributed by atoms with Gasteiger partial charge in [-0.1, -0.05) is 19.3 Å². The van der Waals surface area contributed by atoms with Gasteiger partial charge in [0.15, 0.2) is 0 Å². The minimum Gasteiger partial charge on any atom is -0.508 e.